The molecule has 1 saturated heterocycles. The van der Waals surface area contributed by atoms with Crippen LogP contribution in [0.15, 0.2) is 18.2 Å². The summed E-state index contributed by atoms with van der Waals surface area (Å²) in [7, 11) is 0. The molecule has 0 unspecified atom stereocenters. The SMILES string of the molecule is C[C@H]1CC[C@@H](c2cc(F)cc(F)c2)CN1. The highest BCUT2D eigenvalue weighted by Gasteiger charge is 2.19. The number of hydrogen-bond acceptors (Lipinski definition) is 1. The molecule has 2 rings (SSSR count). The second-order valence-electron chi connectivity index (χ2n) is 4.29. The van der Waals surface area contributed by atoms with Gasteiger partial charge in [0.2, 0.25) is 0 Å². The molecule has 1 nitrogen and oxygen atoms in total. The Morgan fingerprint density at radius 3 is 2.33 bits per heavy atom. The lowest BCUT2D eigenvalue weighted by Gasteiger charge is -2.27. The summed E-state index contributed by atoms with van der Waals surface area (Å²) in [5, 5.41) is 3.32. The number of rotatable bonds is 1. The highest BCUT2D eigenvalue weighted by molar-refractivity contribution is 5.22. The summed E-state index contributed by atoms with van der Waals surface area (Å²) >= 11 is 0. The quantitative estimate of drug-likeness (QED) is 0.753. The summed E-state index contributed by atoms with van der Waals surface area (Å²) < 4.78 is 26.0. The first-order valence-electron chi connectivity index (χ1n) is 5.34. The molecular weight excluding hydrogens is 196 g/mol. The lowest BCUT2D eigenvalue weighted by Crippen LogP contribution is -2.35. The molecule has 82 valence electrons. The van der Waals surface area contributed by atoms with Crippen LogP contribution < -0.4 is 5.32 Å². The zero-order chi connectivity index (χ0) is 10.8. The first-order valence-corrected chi connectivity index (χ1v) is 5.34. The molecule has 0 spiro atoms. The van der Waals surface area contributed by atoms with Crippen molar-refractivity contribution in [2.75, 3.05) is 6.54 Å². The summed E-state index contributed by atoms with van der Waals surface area (Å²) in [6.45, 7) is 2.94. The Balaban J connectivity index is 2.15. The summed E-state index contributed by atoms with van der Waals surface area (Å²) in [6, 6.07) is 4.30. The normalized spacial score (nSPS) is 26.6. The number of nitrogens with one attached hydrogen (secondary N) is 1. The van der Waals surface area contributed by atoms with Crippen LogP contribution in [0.4, 0.5) is 8.78 Å². The maximum atomic E-state index is 13.0. The molecule has 15 heavy (non-hydrogen) atoms. The van der Waals surface area contributed by atoms with E-state index in [9.17, 15) is 8.78 Å². The minimum absolute atomic E-state index is 0.242. The fourth-order valence-electron chi connectivity index (χ4n) is 2.09. The second-order valence-corrected chi connectivity index (χ2v) is 4.29. The Kier molecular flexibility index (Phi) is 3.00. The van der Waals surface area contributed by atoms with Gasteiger partial charge in [0.25, 0.3) is 0 Å². The lowest BCUT2D eigenvalue weighted by atomic mass is 9.89. The molecule has 0 amide bonds. The van der Waals surface area contributed by atoms with Gasteiger partial charge in [-0.1, -0.05) is 0 Å². The minimum Gasteiger partial charge on any atom is -0.314 e. The predicted octanol–water partition coefficient (Wildman–Crippen LogP) is 2.82. The van der Waals surface area contributed by atoms with Gasteiger partial charge in [-0.05, 0) is 43.4 Å². The van der Waals surface area contributed by atoms with Crippen LogP contribution in [0.25, 0.3) is 0 Å². The van der Waals surface area contributed by atoms with E-state index in [0.717, 1.165) is 31.0 Å². The fraction of sp³-hybridized carbons (Fsp3) is 0.500. The van der Waals surface area contributed by atoms with Crippen molar-refractivity contribution in [3.8, 4) is 0 Å². The standard InChI is InChI=1S/C12H15F2N/c1-8-2-3-9(7-15-8)10-4-11(13)6-12(14)5-10/h4-6,8-9,15H,2-3,7H2,1H3/t8-,9+/m0/s1. The van der Waals surface area contributed by atoms with Crippen LogP contribution in [-0.2, 0) is 0 Å². The molecule has 0 saturated carbocycles. The van der Waals surface area contributed by atoms with Crippen molar-refractivity contribution in [2.45, 2.75) is 31.7 Å². The van der Waals surface area contributed by atoms with E-state index in [1.54, 1.807) is 0 Å². The van der Waals surface area contributed by atoms with Crippen LogP contribution in [0.2, 0.25) is 0 Å². The summed E-state index contributed by atoms with van der Waals surface area (Å²) in [5.41, 5.74) is 0.770. The Bertz CT molecular complexity index is 323. The van der Waals surface area contributed by atoms with Gasteiger partial charge in [-0.2, -0.15) is 0 Å². The minimum atomic E-state index is -0.483. The Morgan fingerprint density at radius 2 is 1.80 bits per heavy atom. The summed E-state index contributed by atoms with van der Waals surface area (Å²) in [4.78, 5) is 0. The molecule has 1 aliphatic rings. The number of hydrogen-bond donors (Lipinski definition) is 1. The van der Waals surface area contributed by atoms with Crippen molar-refractivity contribution in [3.05, 3.63) is 35.4 Å². The third kappa shape index (κ3) is 2.53. The van der Waals surface area contributed by atoms with Crippen LogP contribution in [0, 0.1) is 11.6 Å². The van der Waals surface area contributed by atoms with Crippen molar-refractivity contribution in [2.24, 2.45) is 0 Å². The lowest BCUT2D eigenvalue weighted by molar-refractivity contribution is 0.383. The van der Waals surface area contributed by atoms with Gasteiger partial charge in [-0.25, -0.2) is 8.78 Å². The van der Waals surface area contributed by atoms with Crippen LogP contribution in [-0.4, -0.2) is 12.6 Å². The average molecular weight is 211 g/mol. The van der Waals surface area contributed by atoms with Gasteiger partial charge in [0.1, 0.15) is 11.6 Å². The molecule has 1 N–H and O–H groups in total. The van der Waals surface area contributed by atoms with Gasteiger partial charge in [0.15, 0.2) is 0 Å². The first kappa shape index (κ1) is 10.6. The molecule has 0 radical (unpaired) electrons. The maximum absolute atomic E-state index is 13.0. The van der Waals surface area contributed by atoms with E-state index in [0.29, 0.717) is 6.04 Å². The van der Waals surface area contributed by atoms with Crippen LogP contribution in [0.1, 0.15) is 31.2 Å². The molecule has 0 aliphatic carbocycles. The van der Waals surface area contributed by atoms with Crippen LogP contribution in [0.5, 0.6) is 0 Å². The monoisotopic (exact) mass is 211 g/mol. The molecule has 1 aromatic rings. The molecule has 1 heterocycles. The molecule has 0 bridgehead atoms. The Hall–Kier alpha value is -0.960. The highest BCUT2D eigenvalue weighted by atomic mass is 19.1. The molecule has 1 aromatic carbocycles. The van der Waals surface area contributed by atoms with Crippen molar-refractivity contribution < 1.29 is 8.78 Å². The first-order chi connectivity index (χ1) is 7.15. The number of halogens is 2. The van der Waals surface area contributed by atoms with Gasteiger partial charge in [0, 0.05) is 18.7 Å². The third-order valence-corrected chi connectivity index (χ3v) is 3.02. The van der Waals surface area contributed by atoms with Gasteiger partial charge >= 0.3 is 0 Å². The van der Waals surface area contributed by atoms with Crippen molar-refractivity contribution in [1.29, 1.82) is 0 Å². The topological polar surface area (TPSA) is 12.0 Å². The summed E-state index contributed by atoms with van der Waals surface area (Å²) in [6.07, 6.45) is 2.06. The molecule has 1 aliphatic heterocycles. The van der Waals surface area contributed by atoms with E-state index >= 15 is 0 Å². The van der Waals surface area contributed by atoms with E-state index in [2.05, 4.69) is 12.2 Å². The maximum Gasteiger partial charge on any atom is 0.126 e. The Labute approximate surface area is 88.5 Å². The molecule has 0 aromatic heterocycles. The molecule has 2 atom stereocenters. The van der Waals surface area contributed by atoms with E-state index in [-0.39, 0.29) is 5.92 Å². The highest BCUT2D eigenvalue weighted by Crippen LogP contribution is 2.26. The second kappa shape index (κ2) is 4.27. The largest absolute Gasteiger partial charge is 0.314 e. The molecule has 1 fully saturated rings. The van der Waals surface area contributed by atoms with Crippen LogP contribution in [0.3, 0.4) is 0 Å². The molecule has 3 heteroatoms. The molecular formula is C12H15F2N. The van der Waals surface area contributed by atoms with E-state index < -0.39 is 11.6 Å². The third-order valence-electron chi connectivity index (χ3n) is 3.02. The van der Waals surface area contributed by atoms with Gasteiger partial charge in [-0.15, -0.1) is 0 Å². The predicted molar refractivity (Wildman–Crippen MR) is 55.8 cm³/mol. The van der Waals surface area contributed by atoms with E-state index in [1.165, 1.54) is 12.1 Å². The number of piperidine rings is 1. The van der Waals surface area contributed by atoms with E-state index in [1.807, 2.05) is 0 Å². The van der Waals surface area contributed by atoms with Crippen LogP contribution >= 0.6 is 0 Å². The zero-order valence-electron chi connectivity index (χ0n) is 8.76. The smallest absolute Gasteiger partial charge is 0.126 e. The average Bonchev–Trinajstić information content (AvgIpc) is 2.17. The zero-order valence-corrected chi connectivity index (χ0v) is 8.76. The summed E-state index contributed by atoms with van der Waals surface area (Å²) in [5.74, 6) is -0.723. The van der Waals surface area contributed by atoms with Gasteiger partial charge < -0.3 is 5.32 Å². The Morgan fingerprint density at radius 1 is 1.13 bits per heavy atom. The van der Waals surface area contributed by atoms with Crippen molar-refractivity contribution in [3.63, 3.8) is 0 Å². The van der Waals surface area contributed by atoms with Gasteiger partial charge in [-0.3, -0.25) is 0 Å². The van der Waals surface area contributed by atoms with Crippen molar-refractivity contribution >= 4 is 0 Å². The van der Waals surface area contributed by atoms with Gasteiger partial charge in [0.05, 0.1) is 0 Å². The fourth-order valence-corrected chi connectivity index (χ4v) is 2.09. The van der Waals surface area contributed by atoms with E-state index in [4.69, 9.17) is 0 Å². The van der Waals surface area contributed by atoms with Crippen molar-refractivity contribution in [1.82, 2.24) is 5.32 Å². The number of benzene rings is 1.